The molecule has 180 valence electrons. The molecule has 2 aromatic rings. The lowest BCUT2D eigenvalue weighted by Crippen LogP contribution is -2.45. The standard InChI is InChI=1S/C25H31N5O4/c1-34-20-5-3-2-4-19(20)25(33)28-14-15-6-8-16(9-7-15)22-21(24(27)32)23(26)30(29-22)17-10-12-18(31)13-11-17/h2-9,17-18,22,29,31H,10-14,26H2,1H3,(H2,27,32)(H,28,33). The third kappa shape index (κ3) is 4.85. The number of nitrogens with two attached hydrogens (primary N) is 2. The molecule has 2 amide bonds. The third-order valence-corrected chi connectivity index (χ3v) is 6.51. The summed E-state index contributed by atoms with van der Waals surface area (Å²) in [5.74, 6) is 0.0653. The maximum absolute atomic E-state index is 12.5. The highest BCUT2D eigenvalue weighted by Gasteiger charge is 2.38. The summed E-state index contributed by atoms with van der Waals surface area (Å²) < 4.78 is 5.25. The molecular formula is C25H31N5O4. The molecule has 1 aliphatic carbocycles. The summed E-state index contributed by atoms with van der Waals surface area (Å²) in [6.07, 6.45) is 2.66. The Balaban J connectivity index is 1.44. The molecule has 0 spiro atoms. The van der Waals surface area contributed by atoms with Crippen LogP contribution < -0.4 is 26.9 Å². The van der Waals surface area contributed by atoms with E-state index < -0.39 is 11.9 Å². The summed E-state index contributed by atoms with van der Waals surface area (Å²) >= 11 is 0. The summed E-state index contributed by atoms with van der Waals surface area (Å²) in [5, 5.41) is 14.5. The van der Waals surface area contributed by atoms with E-state index in [1.807, 2.05) is 35.3 Å². The molecule has 0 bridgehead atoms. The van der Waals surface area contributed by atoms with Crippen LogP contribution in [0.25, 0.3) is 0 Å². The summed E-state index contributed by atoms with van der Waals surface area (Å²) in [4.78, 5) is 24.8. The molecular weight excluding hydrogens is 434 g/mol. The number of ether oxygens (including phenoxy) is 1. The van der Waals surface area contributed by atoms with Crippen LogP contribution in [0.4, 0.5) is 0 Å². The van der Waals surface area contributed by atoms with Crippen molar-refractivity contribution in [2.24, 2.45) is 11.5 Å². The van der Waals surface area contributed by atoms with Crippen molar-refractivity contribution >= 4 is 11.8 Å². The molecule has 7 N–H and O–H groups in total. The van der Waals surface area contributed by atoms with Crippen molar-refractivity contribution in [3.05, 3.63) is 76.6 Å². The molecule has 9 heteroatoms. The Bertz CT molecular complexity index is 1080. The molecule has 4 rings (SSSR count). The quantitative estimate of drug-likeness (QED) is 0.416. The topological polar surface area (TPSA) is 143 Å². The lowest BCUT2D eigenvalue weighted by atomic mass is 9.93. The number of rotatable bonds is 7. The van der Waals surface area contributed by atoms with Gasteiger partial charge in [-0.1, -0.05) is 36.4 Å². The number of nitrogens with one attached hydrogen (secondary N) is 2. The molecule has 1 aliphatic heterocycles. The smallest absolute Gasteiger partial charge is 0.255 e. The van der Waals surface area contributed by atoms with Crippen LogP contribution in [0.15, 0.2) is 59.9 Å². The van der Waals surface area contributed by atoms with Crippen molar-refractivity contribution in [1.82, 2.24) is 15.8 Å². The van der Waals surface area contributed by atoms with E-state index in [4.69, 9.17) is 16.2 Å². The monoisotopic (exact) mass is 465 g/mol. The summed E-state index contributed by atoms with van der Waals surface area (Å²) in [5.41, 5.74) is 17.9. The zero-order chi connectivity index (χ0) is 24.2. The van der Waals surface area contributed by atoms with Crippen molar-refractivity contribution in [2.75, 3.05) is 7.11 Å². The summed E-state index contributed by atoms with van der Waals surface area (Å²) in [6.45, 7) is 0.340. The van der Waals surface area contributed by atoms with Crippen LogP contribution in [0.2, 0.25) is 0 Å². The lowest BCUT2D eigenvalue weighted by Gasteiger charge is -2.35. The zero-order valence-corrected chi connectivity index (χ0v) is 19.2. The normalized spacial score (nSPS) is 22.5. The number of nitrogens with zero attached hydrogens (tertiary/aromatic N) is 1. The summed E-state index contributed by atoms with van der Waals surface area (Å²) in [7, 11) is 1.53. The van der Waals surface area contributed by atoms with Crippen molar-refractivity contribution < 1.29 is 19.4 Å². The molecule has 1 atom stereocenters. The highest BCUT2D eigenvalue weighted by atomic mass is 16.5. The van der Waals surface area contributed by atoms with Gasteiger partial charge in [0, 0.05) is 12.6 Å². The van der Waals surface area contributed by atoms with Gasteiger partial charge >= 0.3 is 0 Å². The van der Waals surface area contributed by atoms with Crippen LogP contribution in [0, 0.1) is 0 Å². The van der Waals surface area contributed by atoms with Gasteiger partial charge in [-0.2, -0.15) is 0 Å². The predicted molar refractivity (Wildman–Crippen MR) is 127 cm³/mol. The van der Waals surface area contributed by atoms with Crippen LogP contribution in [0.5, 0.6) is 5.75 Å². The Morgan fingerprint density at radius 1 is 1.12 bits per heavy atom. The van der Waals surface area contributed by atoms with Gasteiger partial charge in [-0.05, 0) is 48.9 Å². The van der Waals surface area contributed by atoms with Crippen molar-refractivity contribution in [3.8, 4) is 5.75 Å². The minimum atomic E-state index is -0.568. The Labute approximate surface area is 198 Å². The number of aliphatic hydroxyl groups is 1. The molecule has 0 saturated heterocycles. The van der Waals surface area contributed by atoms with E-state index in [2.05, 4.69) is 10.7 Å². The number of primary amides is 1. The van der Waals surface area contributed by atoms with E-state index in [-0.39, 0.29) is 18.1 Å². The van der Waals surface area contributed by atoms with Crippen LogP contribution in [0.1, 0.15) is 53.2 Å². The largest absolute Gasteiger partial charge is 0.496 e. The lowest BCUT2D eigenvalue weighted by molar-refractivity contribution is -0.114. The van der Waals surface area contributed by atoms with E-state index in [0.717, 1.165) is 24.0 Å². The Morgan fingerprint density at radius 3 is 2.44 bits per heavy atom. The van der Waals surface area contributed by atoms with Gasteiger partial charge in [-0.15, -0.1) is 0 Å². The second kappa shape index (κ2) is 10.1. The van der Waals surface area contributed by atoms with Crippen LogP contribution in [-0.2, 0) is 11.3 Å². The maximum atomic E-state index is 12.5. The third-order valence-electron chi connectivity index (χ3n) is 6.51. The Morgan fingerprint density at radius 2 is 1.79 bits per heavy atom. The molecule has 9 nitrogen and oxygen atoms in total. The molecule has 34 heavy (non-hydrogen) atoms. The number of hydrazine groups is 1. The van der Waals surface area contributed by atoms with Gasteiger partial charge in [0.25, 0.3) is 5.91 Å². The first-order chi connectivity index (χ1) is 16.4. The molecule has 2 aromatic carbocycles. The molecule has 1 fully saturated rings. The Kier molecular flexibility index (Phi) is 7.04. The number of benzene rings is 2. The summed E-state index contributed by atoms with van der Waals surface area (Å²) in [6, 6.07) is 14.3. The van der Waals surface area contributed by atoms with Crippen molar-refractivity contribution in [1.29, 1.82) is 0 Å². The van der Waals surface area contributed by atoms with E-state index in [9.17, 15) is 14.7 Å². The van der Waals surface area contributed by atoms with Gasteiger partial charge < -0.3 is 26.6 Å². The second-order valence-electron chi connectivity index (χ2n) is 8.68. The first-order valence-electron chi connectivity index (χ1n) is 11.4. The van der Waals surface area contributed by atoms with Gasteiger partial charge in [-0.25, -0.2) is 5.43 Å². The zero-order valence-electron chi connectivity index (χ0n) is 19.2. The average Bonchev–Trinajstić information content (AvgIpc) is 3.20. The van der Waals surface area contributed by atoms with Gasteiger partial charge in [0.1, 0.15) is 11.6 Å². The molecule has 1 unspecified atom stereocenters. The number of carbonyl (C=O) groups excluding carboxylic acids is 2. The molecule has 2 aliphatic rings. The highest BCUT2D eigenvalue weighted by molar-refractivity contribution is 5.97. The SMILES string of the molecule is COc1ccccc1C(=O)NCc1ccc(C2NN(C3CCC(O)CC3)C(N)=C2C(N)=O)cc1. The number of hydrogen-bond donors (Lipinski definition) is 5. The first-order valence-corrected chi connectivity index (χ1v) is 11.4. The fraction of sp³-hybridized carbons (Fsp3) is 0.360. The van der Waals surface area contributed by atoms with Crippen LogP contribution in [-0.4, -0.2) is 41.2 Å². The highest BCUT2D eigenvalue weighted by Crippen LogP contribution is 2.34. The fourth-order valence-electron chi connectivity index (χ4n) is 4.62. The van der Waals surface area contributed by atoms with Gasteiger partial charge in [0.15, 0.2) is 0 Å². The number of aliphatic hydroxyl groups excluding tert-OH is 1. The average molecular weight is 466 g/mol. The van der Waals surface area contributed by atoms with Crippen molar-refractivity contribution in [3.63, 3.8) is 0 Å². The van der Waals surface area contributed by atoms with E-state index in [1.165, 1.54) is 7.11 Å². The van der Waals surface area contributed by atoms with Crippen LogP contribution >= 0.6 is 0 Å². The van der Waals surface area contributed by atoms with E-state index >= 15 is 0 Å². The first kappa shape index (κ1) is 23.6. The van der Waals surface area contributed by atoms with Gasteiger partial charge in [0.05, 0.1) is 30.4 Å². The van der Waals surface area contributed by atoms with Gasteiger partial charge in [-0.3, -0.25) is 14.6 Å². The van der Waals surface area contributed by atoms with E-state index in [1.54, 1.807) is 18.2 Å². The molecule has 1 saturated carbocycles. The number of methoxy groups -OCH3 is 1. The Hall–Kier alpha value is -3.56. The predicted octanol–water partition coefficient (Wildman–Crippen LogP) is 1.45. The minimum Gasteiger partial charge on any atom is -0.496 e. The minimum absolute atomic E-state index is 0.0900. The van der Waals surface area contributed by atoms with Gasteiger partial charge in [0.2, 0.25) is 5.91 Å². The molecule has 0 aromatic heterocycles. The number of carbonyl (C=O) groups is 2. The number of para-hydroxylation sites is 1. The van der Waals surface area contributed by atoms with Crippen molar-refractivity contribution in [2.45, 2.75) is 50.4 Å². The van der Waals surface area contributed by atoms with E-state index in [0.29, 0.717) is 42.1 Å². The fourth-order valence-corrected chi connectivity index (χ4v) is 4.62. The maximum Gasteiger partial charge on any atom is 0.255 e. The molecule has 1 heterocycles. The second-order valence-corrected chi connectivity index (χ2v) is 8.68. The number of hydrogen-bond acceptors (Lipinski definition) is 7. The molecule has 0 radical (unpaired) electrons. The van der Waals surface area contributed by atoms with Crippen LogP contribution in [0.3, 0.4) is 0 Å². The number of amides is 2.